The normalized spacial score (nSPS) is 22.8. The van der Waals surface area contributed by atoms with Crippen LogP contribution in [-0.4, -0.2) is 35.0 Å². The molecule has 3 nitrogen and oxygen atoms in total. The van der Waals surface area contributed by atoms with Crippen molar-refractivity contribution in [2.45, 2.75) is 95.7 Å². The van der Waals surface area contributed by atoms with Crippen LogP contribution in [0, 0.1) is 0 Å². The molecule has 0 spiro atoms. The van der Waals surface area contributed by atoms with E-state index < -0.39 is 6.10 Å². The van der Waals surface area contributed by atoms with Crippen molar-refractivity contribution in [3.8, 4) is 0 Å². The van der Waals surface area contributed by atoms with Crippen LogP contribution in [0.5, 0.6) is 0 Å². The average Bonchev–Trinajstić information content (AvgIpc) is 3.28. The van der Waals surface area contributed by atoms with Crippen LogP contribution >= 0.6 is 0 Å². The maximum absolute atomic E-state index is 9.79. The van der Waals surface area contributed by atoms with E-state index >= 15 is 0 Å². The number of allylic oxidation sites excluding steroid dienone is 1. The Labute approximate surface area is 130 Å². The van der Waals surface area contributed by atoms with Crippen LogP contribution in [0.2, 0.25) is 0 Å². The van der Waals surface area contributed by atoms with E-state index in [0.29, 0.717) is 0 Å². The van der Waals surface area contributed by atoms with Crippen LogP contribution in [0.15, 0.2) is 12.2 Å². The lowest BCUT2D eigenvalue weighted by molar-refractivity contribution is 0.210. The first-order chi connectivity index (χ1) is 10.3. The number of hydrogen-bond donors (Lipinski definition) is 3. The minimum Gasteiger partial charge on any atom is -0.395 e. The molecule has 0 aromatic carbocycles. The zero-order valence-electron chi connectivity index (χ0n) is 13.8. The van der Waals surface area contributed by atoms with Gasteiger partial charge in [-0.1, -0.05) is 76.9 Å². The van der Waals surface area contributed by atoms with E-state index in [0.717, 1.165) is 6.42 Å². The van der Waals surface area contributed by atoms with E-state index in [-0.39, 0.29) is 18.7 Å². The predicted molar refractivity (Wildman–Crippen MR) is 89.4 cm³/mol. The Bertz CT molecular complexity index is 268. The Morgan fingerprint density at radius 2 is 1.52 bits per heavy atom. The van der Waals surface area contributed by atoms with Crippen molar-refractivity contribution >= 4 is 0 Å². The van der Waals surface area contributed by atoms with E-state index in [9.17, 15) is 5.11 Å². The monoisotopic (exact) mass is 297 g/mol. The number of unbranched alkanes of at least 4 members (excludes halogenated alkanes) is 10. The highest BCUT2D eigenvalue weighted by Crippen LogP contribution is 2.16. The summed E-state index contributed by atoms with van der Waals surface area (Å²) in [4.78, 5) is 0. The molecule has 1 saturated heterocycles. The first-order valence-corrected chi connectivity index (χ1v) is 9.01. The first-order valence-electron chi connectivity index (χ1n) is 9.01. The van der Waals surface area contributed by atoms with E-state index in [1.165, 1.54) is 64.2 Å². The summed E-state index contributed by atoms with van der Waals surface area (Å²) in [6, 6.07) is 0.168. The number of aliphatic hydroxyl groups is 2. The van der Waals surface area contributed by atoms with Crippen LogP contribution < -0.4 is 5.32 Å². The molecule has 0 aliphatic carbocycles. The van der Waals surface area contributed by atoms with Crippen molar-refractivity contribution in [2.75, 3.05) is 6.61 Å². The quantitative estimate of drug-likeness (QED) is 0.261. The maximum Gasteiger partial charge on any atom is 0.0890 e. The minimum atomic E-state index is -0.440. The van der Waals surface area contributed by atoms with Crippen LogP contribution in [-0.2, 0) is 0 Å². The SMILES string of the molecule is CCCCCCCCCCCC/C=C\[C@H](O)[C@H]1N[C@H]1CO. The molecule has 1 fully saturated rings. The molecular formula is C18H35NO2. The van der Waals surface area contributed by atoms with Crippen molar-refractivity contribution in [3.63, 3.8) is 0 Å². The molecule has 0 saturated carbocycles. The summed E-state index contributed by atoms with van der Waals surface area (Å²) in [5.41, 5.74) is 0. The van der Waals surface area contributed by atoms with Crippen molar-refractivity contribution in [1.29, 1.82) is 0 Å². The summed E-state index contributed by atoms with van der Waals surface area (Å²) in [5, 5.41) is 21.8. The summed E-state index contributed by atoms with van der Waals surface area (Å²) in [7, 11) is 0. The van der Waals surface area contributed by atoms with E-state index in [2.05, 4.69) is 18.3 Å². The molecule has 1 aliphatic rings. The van der Waals surface area contributed by atoms with Gasteiger partial charge in [0.15, 0.2) is 0 Å². The smallest absolute Gasteiger partial charge is 0.0890 e. The molecule has 0 radical (unpaired) electrons. The highest BCUT2D eigenvalue weighted by molar-refractivity contribution is 5.09. The Morgan fingerprint density at radius 3 is 2.05 bits per heavy atom. The van der Waals surface area contributed by atoms with Gasteiger partial charge < -0.3 is 15.5 Å². The third-order valence-electron chi connectivity index (χ3n) is 4.35. The molecule has 1 aliphatic heterocycles. The standard InChI is InChI=1S/C18H35NO2/c1-2-3-4-5-6-7-8-9-10-11-12-13-14-17(21)18-16(15-20)19-18/h13-14,16-21H,2-12,15H2,1H3/b14-13-/t16-,17-,18-/m0/s1. The molecular weight excluding hydrogens is 262 g/mol. The van der Waals surface area contributed by atoms with Gasteiger partial charge in [0.25, 0.3) is 0 Å². The lowest BCUT2D eigenvalue weighted by Gasteiger charge is -2.02. The Balaban J connectivity index is 1.80. The molecule has 0 amide bonds. The molecule has 0 unspecified atom stereocenters. The molecule has 1 heterocycles. The van der Waals surface area contributed by atoms with E-state index in [1.54, 1.807) is 0 Å². The zero-order valence-corrected chi connectivity index (χ0v) is 13.8. The number of aliphatic hydroxyl groups excluding tert-OH is 2. The van der Waals surface area contributed by atoms with E-state index in [1.807, 2.05) is 6.08 Å². The fourth-order valence-corrected chi connectivity index (χ4v) is 2.80. The molecule has 0 aromatic rings. The predicted octanol–water partition coefficient (Wildman–Crippen LogP) is 3.55. The molecule has 0 bridgehead atoms. The fourth-order valence-electron chi connectivity index (χ4n) is 2.80. The third-order valence-corrected chi connectivity index (χ3v) is 4.35. The highest BCUT2D eigenvalue weighted by Gasteiger charge is 2.39. The van der Waals surface area contributed by atoms with Gasteiger partial charge in [-0.2, -0.15) is 0 Å². The molecule has 1 rings (SSSR count). The second kappa shape index (κ2) is 12.2. The molecule has 0 aromatic heterocycles. The van der Waals surface area contributed by atoms with Gasteiger partial charge >= 0.3 is 0 Å². The van der Waals surface area contributed by atoms with Gasteiger partial charge in [-0.05, 0) is 12.8 Å². The maximum atomic E-state index is 9.79. The summed E-state index contributed by atoms with van der Waals surface area (Å²) in [5.74, 6) is 0. The second-order valence-corrected chi connectivity index (χ2v) is 6.37. The number of nitrogens with one attached hydrogen (secondary N) is 1. The lowest BCUT2D eigenvalue weighted by Crippen LogP contribution is -2.15. The fraction of sp³-hybridized carbons (Fsp3) is 0.889. The van der Waals surface area contributed by atoms with Crippen molar-refractivity contribution in [2.24, 2.45) is 0 Å². The van der Waals surface area contributed by atoms with Crippen LogP contribution in [0.25, 0.3) is 0 Å². The zero-order chi connectivity index (χ0) is 15.3. The van der Waals surface area contributed by atoms with E-state index in [4.69, 9.17) is 5.11 Å². The average molecular weight is 297 g/mol. The summed E-state index contributed by atoms with van der Waals surface area (Å²) in [6.45, 7) is 2.38. The summed E-state index contributed by atoms with van der Waals surface area (Å²) in [6.07, 6.45) is 18.2. The van der Waals surface area contributed by atoms with Gasteiger partial charge in [-0.15, -0.1) is 0 Å². The van der Waals surface area contributed by atoms with Crippen molar-refractivity contribution in [3.05, 3.63) is 12.2 Å². The summed E-state index contributed by atoms with van der Waals surface area (Å²) >= 11 is 0. The molecule has 21 heavy (non-hydrogen) atoms. The largest absolute Gasteiger partial charge is 0.395 e. The van der Waals surface area contributed by atoms with Gasteiger partial charge in [0.1, 0.15) is 0 Å². The van der Waals surface area contributed by atoms with Gasteiger partial charge in [0.05, 0.1) is 18.8 Å². The van der Waals surface area contributed by atoms with Crippen LogP contribution in [0.3, 0.4) is 0 Å². The van der Waals surface area contributed by atoms with Gasteiger partial charge in [0, 0.05) is 6.04 Å². The van der Waals surface area contributed by atoms with Gasteiger partial charge in [-0.25, -0.2) is 0 Å². The van der Waals surface area contributed by atoms with Crippen molar-refractivity contribution < 1.29 is 10.2 Å². The Kier molecular flexibility index (Phi) is 10.8. The number of hydrogen-bond acceptors (Lipinski definition) is 3. The molecule has 3 atom stereocenters. The molecule has 3 N–H and O–H groups in total. The summed E-state index contributed by atoms with van der Waals surface area (Å²) < 4.78 is 0. The Hall–Kier alpha value is -0.380. The highest BCUT2D eigenvalue weighted by atomic mass is 16.3. The Morgan fingerprint density at radius 1 is 0.952 bits per heavy atom. The minimum absolute atomic E-state index is 0.0685. The van der Waals surface area contributed by atoms with Crippen molar-refractivity contribution in [1.82, 2.24) is 5.32 Å². The topological polar surface area (TPSA) is 62.4 Å². The second-order valence-electron chi connectivity index (χ2n) is 6.37. The first kappa shape index (κ1) is 18.7. The molecule has 3 heteroatoms. The molecule has 124 valence electrons. The van der Waals surface area contributed by atoms with Gasteiger partial charge in [-0.3, -0.25) is 0 Å². The van der Waals surface area contributed by atoms with Crippen LogP contribution in [0.1, 0.15) is 77.6 Å². The third kappa shape index (κ3) is 9.28. The lowest BCUT2D eigenvalue weighted by atomic mass is 10.1. The van der Waals surface area contributed by atoms with Gasteiger partial charge in [0.2, 0.25) is 0 Å². The van der Waals surface area contributed by atoms with Crippen LogP contribution in [0.4, 0.5) is 0 Å². The number of rotatable bonds is 14.